The van der Waals surface area contributed by atoms with E-state index in [0.29, 0.717) is 18.0 Å². The monoisotopic (exact) mass is 297 g/mol. The van der Waals surface area contributed by atoms with E-state index in [0.717, 1.165) is 25.2 Å². The van der Waals surface area contributed by atoms with Crippen LogP contribution < -0.4 is 0 Å². The third-order valence-electron chi connectivity index (χ3n) is 4.97. The average molecular weight is 297 g/mol. The Morgan fingerprint density at radius 3 is 2.68 bits per heavy atom. The first-order valence-electron chi connectivity index (χ1n) is 7.79. The zero-order chi connectivity index (χ0) is 15.1. The number of aliphatic hydroxyl groups is 1. The van der Waals surface area contributed by atoms with Gasteiger partial charge in [-0.3, -0.25) is 4.79 Å². The molecule has 1 saturated heterocycles. The van der Waals surface area contributed by atoms with Crippen molar-refractivity contribution in [2.45, 2.75) is 18.9 Å². The number of fused-ring (bicyclic) bond motifs is 1. The molecule has 22 heavy (non-hydrogen) atoms. The molecule has 5 nitrogen and oxygen atoms in total. The Balaban J connectivity index is 1.49. The standard InChI is InChI=1S/C17H19N3O2/c21-15-5-3-13-10-20(11-14(13)15)17(22)12-4-6-16(18-9-12)19-7-1-2-8-19/h1-2,4,6-9,13-15,21H,3,5,10-11H2/t13-,14+,15-/m1/s1. The van der Waals surface area contributed by atoms with Gasteiger partial charge in [-0.25, -0.2) is 4.98 Å². The van der Waals surface area contributed by atoms with Crippen LogP contribution in [0.4, 0.5) is 0 Å². The molecule has 1 aliphatic carbocycles. The summed E-state index contributed by atoms with van der Waals surface area (Å²) in [5.41, 5.74) is 0.616. The number of amides is 1. The molecule has 3 atom stereocenters. The van der Waals surface area contributed by atoms with E-state index in [4.69, 9.17) is 0 Å². The second-order valence-electron chi connectivity index (χ2n) is 6.27. The van der Waals surface area contributed by atoms with Crippen molar-refractivity contribution in [3.63, 3.8) is 0 Å². The molecule has 0 spiro atoms. The summed E-state index contributed by atoms with van der Waals surface area (Å²) in [6.45, 7) is 1.43. The second-order valence-corrected chi connectivity index (χ2v) is 6.27. The Bertz CT molecular complexity index is 666. The molecule has 1 saturated carbocycles. The molecule has 1 N–H and O–H groups in total. The topological polar surface area (TPSA) is 58.4 Å². The fraction of sp³-hybridized carbons (Fsp3) is 0.412. The molecule has 2 aromatic heterocycles. The van der Waals surface area contributed by atoms with Crippen molar-refractivity contribution >= 4 is 5.91 Å². The van der Waals surface area contributed by atoms with Gasteiger partial charge >= 0.3 is 0 Å². The number of hydrogen-bond donors (Lipinski definition) is 1. The number of aliphatic hydroxyl groups excluding tert-OH is 1. The van der Waals surface area contributed by atoms with Crippen molar-refractivity contribution < 1.29 is 9.90 Å². The van der Waals surface area contributed by atoms with E-state index in [1.54, 1.807) is 6.20 Å². The van der Waals surface area contributed by atoms with Crippen LogP contribution in [0, 0.1) is 11.8 Å². The normalized spacial score (nSPS) is 27.1. The highest BCUT2D eigenvalue weighted by molar-refractivity contribution is 5.94. The van der Waals surface area contributed by atoms with Crippen LogP contribution in [-0.4, -0.2) is 44.7 Å². The highest BCUT2D eigenvalue weighted by atomic mass is 16.3. The summed E-state index contributed by atoms with van der Waals surface area (Å²) in [6.07, 6.45) is 7.16. The van der Waals surface area contributed by atoms with Gasteiger partial charge < -0.3 is 14.6 Å². The van der Waals surface area contributed by atoms with E-state index in [1.807, 2.05) is 46.1 Å². The number of nitrogens with zero attached hydrogens (tertiary/aromatic N) is 3. The van der Waals surface area contributed by atoms with Crippen molar-refractivity contribution in [2.75, 3.05) is 13.1 Å². The van der Waals surface area contributed by atoms with Crippen LogP contribution in [0.5, 0.6) is 0 Å². The van der Waals surface area contributed by atoms with Crippen molar-refractivity contribution in [3.05, 3.63) is 48.4 Å². The van der Waals surface area contributed by atoms with Crippen molar-refractivity contribution in [1.29, 1.82) is 0 Å². The molecule has 2 aliphatic rings. The maximum absolute atomic E-state index is 12.6. The van der Waals surface area contributed by atoms with Gasteiger partial charge in [-0.05, 0) is 43.0 Å². The minimum atomic E-state index is -0.239. The number of likely N-dealkylation sites (tertiary alicyclic amines) is 1. The summed E-state index contributed by atoms with van der Waals surface area (Å²) in [7, 11) is 0. The smallest absolute Gasteiger partial charge is 0.255 e. The molecule has 1 aliphatic heterocycles. The van der Waals surface area contributed by atoms with Gasteiger partial charge in [0.25, 0.3) is 5.91 Å². The maximum atomic E-state index is 12.6. The van der Waals surface area contributed by atoms with Crippen molar-refractivity contribution in [3.8, 4) is 5.82 Å². The quantitative estimate of drug-likeness (QED) is 0.918. The molecule has 0 aromatic carbocycles. The number of carbonyl (C=O) groups is 1. The summed E-state index contributed by atoms with van der Waals surface area (Å²) < 4.78 is 1.91. The third kappa shape index (κ3) is 2.22. The van der Waals surface area contributed by atoms with Gasteiger partial charge in [0.15, 0.2) is 0 Å². The maximum Gasteiger partial charge on any atom is 0.255 e. The lowest BCUT2D eigenvalue weighted by Gasteiger charge is -2.18. The van der Waals surface area contributed by atoms with E-state index in [2.05, 4.69) is 4.98 Å². The largest absolute Gasteiger partial charge is 0.393 e. The number of carbonyl (C=O) groups excluding carboxylic acids is 1. The zero-order valence-corrected chi connectivity index (χ0v) is 12.3. The van der Waals surface area contributed by atoms with Crippen LogP contribution >= 0.6 is 0 Å². The Hall–Kier alpha value is -2.14. The molecular weight excluding hydrogens is 278 g/mol. The Morgan fingerprint density at radius 2 is 2.00 bits per heavy atom. The van der Waals surface area contributed by atoms with Gasteiger partial charge in [-0.15, -0.1) is 0 Å². The summed E-state index contributed by atoms with van der Waals surface area (Å²) >= 11 is 0. The average Bonchev–Trinajstić information content (AvgIpc) is 3.26. The molecule has 1 amide bonds. The lowest BCUT2D eigenvalue weighted by Crippen LogP contribution is -2.31. The number of rotatable bonds is 2. The number of hydrogen-bond acceptors (Lipinski definition) is 3. The molecule has 0 bridgehead atoms. The Kier molecular flexibility index (Phi) is 3.22. The van der Waals surface area contributed by atoms with Gasteiger partial charge in [-0.2, -0.15) is 0 Å². The number of pyridine rings is 1. The molecule has 3 heterocycles. The van der Waals surface area contributed by atoms with Gasteiger partial charge in [-0.1, -0.05) is 0 Å². The van der Waals surface area contributed by atoms with E-state index in [1.165, 1.54) is 0 Å². The molecule has 2 fully saturated rings. The van der Waals surface area contributed by atoms with Crippen LogP contribution in [0.1, 0.15) is 23.2 Å². The van der Waals surface area contributed by atoms with Gasteiger partial charge in [0.1, 0.15) is 5.82 Å². The molecule has 5 heteroatoms. The second kappa shape index (κ2) is 5.25. The van der Waals surface area contributed by atoms with Gasteiger partial charge in [0.05, 0.1) is 11.7 Å². The first kappa shape index (κ1) is 13.5. The predicted molar refractivity (Wildman–Crippen MR) is 81.7 cm³/mol. The zero-order valence-electron chi connectivity index (χ0n) is 12.3. The lowest BCUT2D eigenvalue weighted by atomic mass is 10.00. The fourth-order valence-electron chi connectivity index (χ4n) is 3.74. The van der Waals surface area contributed by atoms with Crippen LogP contribution in [0.3, 0.4) is 0 Å². The fourth-order valence-corrected chi connectivity index (χ4v) is 3.74. The third-order valence-corrected chi connectivity index (χ3v) is 4.97. The molecular formula is C17H19N3O2. The minimum Gasteiger partial charge on any atom is -0.393 e. The SMILES string of the molecule is O=C(c1ccc(-n2cccc2)nc1)N1C[C@H]2CC[C@@H](O)[C@H]2C1. The van der Waals surface area contributed by atoms with Crippen molar-refractivity contribution in [1.82, 2.24) is 14.5 Å². The van der Waals surface area contributed by atoms with Crippen LogP contribution in [0.25, 0.3) is 5.82 Å². The molecule has 0 unspecified atom stereocenters. The molecule has 2 aromatic rings. The minimum absolute atomic E-state index is 0.0214. The van der Waals surface area contributed by atoms with Crippen LogP contribution in [0.2, 0.25) is 0 Å². The molecule has 114 valence electrons. The van der Waals surface area contributed by atoms with E-state index < -0.39 is 0 Å². The lowest BCUT2D eigenvalue weighted by molar-refractivity contribution is 0.0752. The highest BCUT2D eigenvalue weighted by Gasteiger charge is 2.43. The van der Waals surface area contributed by atoms with Gasteiger partial charge in [0, 0.05) is 37.6 Å². The molecule has 0 radical (unpaired) electrons. The summed E-state index contributed by atoms with van der Waals surface area (Å²) in [5, 5.41) is 9.96. The van der Waals surface area contributed by atoms with Crippen LogP contribution in [-0.2, 0) is 0 Å². The Morgan fingerprint density at radius 1 is 1.18 bits per heavy atom. The first-order chi connectivity index (χ1) is 10.7. The van der Waals surface area contributed by atoms with E-state index in [9.17, 15) is 9.90 Å². The van der Waals surface area contributed by atoms with Gasteiger partial charge in [0.2, 0.25) is 0 Å². The summed E-state index contributed by atoms with van der Waals surface area (Å²) in [5.74, 6) is 1.55. The first-order valence-corrected chi connectivity index (χ1v) is 7.79. The van der Waals surface area contributed by atoms with Crippen LogP contribution in [0.15, 0.2) is 42.9 Å². The highest BCUT2D eigenvalue weighted by Crippen LogP contribution is 2.38. The Labute approximate surface area is 129 Å². The summed E-state index contributed by atoms with van der Waals surface area (Å²) in [4.78, 5) is 18.8. The number of aromatic nitrogens is 2. The molecule has 4 rings (SSSR count). The van der Waals surface area contributed by atoms with E-state index >= 15 is 0 Å². The predicted octanol–water partition coefficient (Wildman–Crippen LogP) is 1.72. The van der Waals surface area contributed by atoms with Crippen molar-refractivity contribution in [2.24, 2.45) is 11.8 Å². The van der Waals surface area contributed by atoms with E-state index in [-0.39, 0.29) is 17.9 Å². The summed E-state index contributed by atoms with van der Waals surface area (Å²) in [6, 6.07) is 7.57.